The first-order valence-corrected chi connectivity index (χ1v) is 7.69. The number of nitrogens with one attached hydrogen (secondary N) is 1. The molecule has 0 bridgehead atoms. The van der Waals surface area contributed by atoms with E-state index in [4.69, 9.17) is 9.26 Å². The third-order valence-electron chi connectivity index (χ3n) is 3.66. The maximum atomic E-state index is 12.4. The third kappa shape index (κ3) is 3.71. The van der Waals surface area contributed by atoms with Crippen molar-refractivity contribution >= 4 is 11.8 Å². The van der Waals surface area contributed by atoms with Crippen LogP contribution in [-0.4, -0.2) is 40.9 Å². The highest BCUT2D eigenvalue weighted by Gasteiger charge is 2.33. The largest absolute Gasteiger partial charge is 0.369 e. The van der Waals surface area contributed by atoms with Gasteiger partial charge in [-0.25, -0.2) is 4.79 Å². The summed E-state index contributed by atoms with van der Waals surface area (Å²) >= 11 is 0. The monoisotopic (exact) mass is 315 g/mol. The number of rotatable bonds is 2. The molecule has 1 unspecified atom stereocenters. The van der Waals surface area contributed by atoms with Gasteiger partial charge in [-0.2, -0.15) is 0 Å². The van der Waals surface area contributed by atoms with E-state index in [0.717, 1.165) is 5.56 Å². The van der Waals surface area contributed by atoms with Crippen LogP contribution < -0.4 is 5.32 Å². The fraction of sp³-hybridized carbons (Fsp3) is 0.412. The lowest BCUT2D eigenvalue weighted by Gasteiger charge is -2.41. The lowest BCUT2D eigenvalue weighted by atomic mass is 10.1. The number of aromatic nitrogens is 1. The topological polar surface area (TPSA) is 67.6 Å². The zero-order chi connectivity index (χ0) is 16.4. The highest BCUT2D eigenvalue weighted by atomic mass is 16.5. The molecule has 1 aliphatic rings. The van der Waals surface area contributed by atoms with Crippen molar-refractivity contribution in [2.75, 3.05) is 18.4 Å². The molecular formula is C17H21N3O3. The number of nitrogens with zero attached hydrogens (tertiary/aromatic N) is 2. The molecule has 3 rings (SSSR count). The molecule has 1 aliphatic heterocycles. The number of anilines is 1. The van der Waals surface area contributed by atoms with Crippen LogP contribution in [0, 0.1) is 0 Å². The van der Waals surface area contributed by atoms with E-state index in [1.165, 1.54) is 0 Å². The predicted octanol–water partition coefficient (Wildman–Crippen LogP) is 3.37. The standard InChI is InChI=1S/C17H21N3O3/c1-12-10-20(11-17(2,3)22-12)16(21)18-15-9-14(23-19-15)13-7-5-4-6-8-13/h4-9,12H,10-11H2,1-3H3,(H,18,19,21). The first-order valence-electron chi connectivity index (χ1n) is 7.69. The molecule has 0 saturated carbocycles. The van der Waals surface area contributed by atoms with Crippen molar-refractivity contribution in [2.45, 2.75) is 32.5 Å². The smallest absolute Gasteiger partial charge is 0.323 e. The van der Waals surface area contributed by atoms with Gasteiger partial charge in [0.1, 0.15) is 0 Å². The second kappa shape index (κ2) is 6.04. The number of morpholine rings is 1. The lowest BCUT2D eigenvalue weighted by molar-refractivity contribution is -0.116. The van der Waals surface area contributed by atoms with Gasteiger partial charge < -0.3 is 14.2 Å². The number of carbonyl (C=O) groups is 1. The summed E-state index contributed by atoms with van der Waals surface area (Å²) in [4.78, 5) is 14.2. The fourth-order valence-corrected chi connectivity index (χ4v) is 2.87. The normalized spacial score (nSPS) is 20.3. The summed E-state index contributed by atoms with van der Waals surface area (Å²) in [5, 5.41) is 6.70. The van der Waals surface area contributed by atoms with E-state index in [9.17, 15) is 4.79 Å². The fourth-order valence-electron chi connectivity index (χ4n) is 2.87. The number of amides is 2. The minimum absolute atomic E-state index is 0.00156. The van der Waals surface area contributed by atoms with Gasteiger partial charge in [-0.1, -0.05) is 35.5 Å². The van der Waals surface area contributed by atoms with Crippen molar-refractivity contribution < 1.29 is 14.1 Å². The minimum Gasteiger partial charge on any atom is -0.369 e. The van der Waals surface area contributed by atoms with Crippen molar-refractivity contribution in [1.29, 1.82) is 0 Å². The second-order valence-electron chi connectivity index (χ2n) is 6.44. The van der Waals surface area contributed by atoms with Crippen LogP contribution in [0.2, 0.25) is 0 Å². The number of benzene rings is 1. The van der Waals surface area contributed by atoms with Gasteiger partial charge in [0.15, 0.2) is 11.6 Å². The Morgan fingerprint density at radius 2 is 2.09 bits per heavy atom. The van der Waals surface area contributed by atoms with E-state index in [0.29, 0.717) is 24.7 Å². The van der Waals surface area contributed by atoms with Gasteiger partial charge >= 0.3 is 6.03 Å². The average molecular weight is 315 g/mol. The van der Waals surface area contributed by atoms with Crippen LogP contribution in [0.4, 0.5) is 10.6 Å². The van der Waals surface area contributed by atoms with Gasteiger partial charge in [-0.15, -0.1) is 0 Å². The van der Waals surface area contributed by atoms with Crippen LogP contribution >= 0.6 is 0 Å². The number of hydrogen-bond donors (Lipinski definition) is 1. The van der Waals surface area contributed by atoms with Crippen molar-refractivity contribution in [2.24, 2.45) is 0 Å². The summed E-state index contributed by atoms with van der Waals surface area (Å²) in [6.45, 7) is 7.01. The molecule has 1 aromatic carbocycles. The van der Waals surface area contributed by atoms with Crippen LogP contribution in [0.15, 0.2) is 40.9 Å². The Balaban J connectivity index is 1.68. The van der Waals surface area contributed by atoms with Crippen LogP contribution in [-0.2, 0) is 4.74 Å². The lowest BCUT2D eigenvalue weighted by Crippen LogP contribution is -2.54. The number of carbonyl (C=O) groups excluding carboxylic acids is 1. The molecular weight excluding hydrogens is 294 g/mol. The summed E-state index contributed by atoms with van der Waals surface area (Å²) in [5.41, 5.74) is 0.565. The zero-order valence-electron chi connectivity index (χ0n) is 13.6. The summed E-state index contributed by atoms with van der Waals surface area (Å²) < 4.78 is 11.1. The van der Waals surface area contributed by atoms with Crippen LogP contribution in [0.1, 0.15) is 20.8 Å². The first kappa shape index (κ1) is 15.6. The Kier molecular flexibility index (Phi) is 4.09. The Labute approximate surface area is 135 Å². The van der Waals surface area contributed by atoms with Crippen LogP contribution in [0.25, 0.3) is 11.3 Å². The SMILES string of the molecule is CC1CN(C(=O)Nc2cc(-c3ccccc3)on2)CC(C)(C)O1. The van der Waals surface area contributed by atoms with Gasteiger partial charge in [-0.05, 0) is 20.8 Å². The Hall–Kier alpha value is -2.34. The van der Waals surface area contributed by atoms with E-state index in [-0.39, 0.29) is 17.7 Å². The van der Waals surface area contributed by atoms with Gasteiger partial charge in [0.05, 0.1) is 18.2 Å². The maximum absolute atomic E-state index is 12.4. The molecule has 6 heteroatoms. The summed E-state index contributed by atoms with van der Waals surface area (Å²) in [5.74, 6) is 1.03. The van der Waals surface area contributed by atoms with Crippen molar-refractivity contribution in [3.05, 3.63) is 36.4 Å². The Morgan fingerprint density at radius 3 is 2.78 bits per heavy atom. The Morgan fingerprint density at radius 1 is 1.35 bits per heavy atom. The zero-order valence-corrected chi connectivity index (χ0v) is 13.6. The highest BCUT2D eigenvalue weighted by molar-refractivity contribution is 5.89. The molecule has 6 nitrogen and oxygen atoms in total. The van der Waals surface area contributed by atoms with Crippen molar-refractivity contribution in [3.8, 4) is 11.3 Å². The van der Waals surface area contributed by atoms with E-state index in [1.54, 1.807) is 11.0 Å². The summed E-state index contributed by atoms with van der Waals surface area (Å²) in [6, 6.07) is 11.2. The quantitative estimate of drug-likeness (QED) is 0.922. The van der Waals surface area contributed by atoms with Crippen LogP contribution in [0.3, 0.4) is 0 Å². The molecule has 1 atom stereocenters. The molecule has 2 heterocycles. The van der Waals surface area contributed by atoms with Gasteiger partial charge in [0, 0.05) is 18.2 Å². The summed E-state index contributed by atoms with van der Waals surface area (Å²) in [6.07, 6.45) is 0.00156. The molecule has 0 spiro atoms. The molecule has 2 amide bonds. The van der Waals surface area contributed by atoms with Crippen molar-refractivity contribution in [1.82, 2.24) is 10.1 Å². The highest BCUT2D eigenvalue weighted by Crippen LogP contribution is 2.24. The Bertz CT molecular complexity index is 681. The van der Waals surface area contributed by atoms with Crippen molar-refractivity contribution in [3.63, 3.8) is 0 Å². The minimum atomic E-state index is -0.353. The number of urea groups is 1. The van der Waals surface area contributed by atoms with E-state index in [1.807, 2.05) is 51.1 Å². The van der Waals surface area contributed by atoms with Gasteiger partial charge in [-0.3, -0.25) is 5.32 Å². The molecule has 122 valence electrons. The molecule has 23 heavy (non-hydrogen) atoms. The molecule has 2 aromatic rings. The second-order valence-corrected chi connectivity index (χ2v) is 6.44. The third-order valence-corrected chi connectivity index (χ3v) is 3.66. The molecule has 1 saturated heterocycles. The number of hydrogen-bond acceptors (Lipinski definition) is 4. The van der Waals surface area contributed by atoms with Gasteiger partial charge in [0.25, 0.3) is 0 Å². The molecule has 1 aromatic heterocycles. The predicted molar refractivity (Wildman–Crippen MR) is 87.2 cm³/mol. The van der Waals surface area contributed by atoms with E-state index in [2.05, 4.69) is 10.5 Å². The van der Waals surface area contributed by atoms with Crippen LogP contribution in [0.5, 0.6) is 0 Å². The maximum Gasteiger partial charge on any atom is 0.323 e. The average Bonchev–Trinajstić information content (AvgIpc) is 2.94. The van der Waals surface area contributed by atoms with Gasteiger partial charge in [0.2, 0.25) is 0 Å². The molecule has 0 aliphatic carbocycles. The summed E-state index contributed by atoms with van der Waals surface area (Å²) in [7, 11) is 0. The van der Waals surface area contributed by atoms with E-state index >= 15 is 0 Å². The molecule has 0 radical (unpaired) electrons. The molecule has 1 fully saturated rings. The number of ether oxygens (including phenoxy) is 1. The first-order chi connectivity index (χ1) is 10.9. The van der Waals surface area contributed by atoms with E-state index < -0.39 is 0 Å². The molecule has 1 N–H and O–H groups in total.